The van der Waals surface area contributed by atoms with Crippen molar-refractivity contribution in [2.24, 2.45) is 5.18 Å². The molecule has 5 heteroatoms. The standard InChI is InChI=1S/C6H10N2O2S/c1-4-6(7-10)11-3-5(9)8(4)2/h4,6H,3H2,1-2H3. The molecule has 0 N–H and O–H groups in total. The van der Waals surface area contributed by atoms with Gasteiger partial charge >= 0.3 is 0 Å². The van der Waals surface area contributed by atoms with E-state index < -0.39 is 0 Å². The minimum Gasteiger partial charge on any atom is -0.339 e. The summed E-state index contributed by atoms with van der Waals surface area (Å²) in [4.78, 5) is 22.8. The Kier molecular flexibility index (Phi) is 2.49. The molecule has 1 fully saturated rings. The monoisotopic (exact) mass is 174 g/mol. The maximum atomic E-state index is 11.0. The Morgan fingerprint density at radius 3 is 2.91 bits per heavy atom. The van der Waals surface area contributed by atoms with Gasteiger partial charge in [-0.2, -0.15) is 0 Å². The van der Waals surface area contributed by atoms with Crippen molar-refractivity contribution in [2.75, 3.05) is 12.8 Å². The summed E-state index contributed by atoms with van der Waals surface area (Å²) in [6.07, 6.45) is 0. The number of nitroso groups, excluding NO2 is 1. The van der Waals surface area contributed by atoms with Crippen molar-refractivity contribution in [3.05, 3.63) is 4.91 Å². The van der Waals surface area contributed by atoms with Gasteiger partial charge in [0.1, 0.15) is 0 Å². The van der Waals surface area contributed by atoms with Crippen LogP contribution < -0.4 is 0 Å². The van der Waals surface area contributed by atoms with E-state index in [0.717, 1.165) is 0 Å². The summed E-state index contributed by atoms with van der Waals surface area (Å²) < 4.78 is 0. The SMILES string of the molecule is CC1C(N=O)SCC(=O)N1C. The summed E-state index contributed by atoms with van der Waals surface area (Å²) in [6, 6.07) is -0.0706. The van der Waals surface area contributed by atoms with Crippen LogP contribution >= 0.6 is 11.8 Å². The van der Waals surface area contributed by atoms with Crippen molar-refractivity contribution < 1.29 is 4.79 Å². The fourth-order valence-corrected chi connectivity index (χ4v) is 1.97. The molecule has 0 saturated carbocycles. The molecule has 1 aliphatic rings. The minimum absolute atomic E-state index is 0.0706. The third-order valence-electron chi connectivity index (χ3n) is 1.90. The zero-order chi connectivity index (χ0) is 8.43. The lowest BCUT2D eigenvalue weighted by Crippen LogP contribution is -2.46. The van der Waals surface area contributed by atoms with Gasteiger partial charge in [0, 0.05) is 7.05 Å². The van der Waals surface area contributed by atoms with E-state index >= 15 is 0 Å². The molecule has 2 unspecified atom stereocenters. The van der Waals surface area contributed by atoms with Gasteiger partial charge in [-0.25, -0.2) is 0 Å². The van der Waals surface area contributed by atoms with Crippen LogP contribution in [0.5, 0.6) is 0 Å². The van der Waals surface area contributed by atoms with Gasteiger partial charge < -0.3 is 4.90 Å². The highest BCUT2D eigenvalue weighted by molar-refractivity contribution is 8.00. The smallest absolute Gasteiger partial charge is 0.232 e. The van der Waals surface area contributed by atoms with Crippen LogP contribution in [0.15, 0.2) is 5.18 Å². The van der Waals surface area contributed by atoms with Crippen LogP contribution in [0.25, 0.3) is 0 Å². The molecule has 11 heavy (non-hydrogen) atoms. The zero-order valence-electron chi connectivity index (χ0n) is 6.48. The quantitative estimate of drug-likeness (QED) is 0.549. The number of rotatable bonds is 1. The highest BCUT2D eigenvalue weighted by Crippen LogP contribution is 2.24. The molecular formula is C6H10N2O2S. The molecule has 0 bridgehead atoms. The maximum absolute atomic E-state index is 11.0. The Morgan fingerprint density at radius 1 is 1.73 bits per heavy atom. The second-order valence-corrected chi connectivity index (χ2v) is 3.66. The Balaban J connectivity index is 2.66. The number of hydrogen-bond donors (Lipinski definition) is 0. The topological polar surface area (TPSA) is 49.7 Å². The van der Waals surface area contributed by atoms with E-state index in [1.807, 2.05) is 6.92 Å². The molecule has 0 aromatic rings. The van der Waals surface area contributed by atoms with Crippen LogP contribution in [0, 0.1) is 4.91 Å². The third-order valence-corrected chi connectivity index (χ3v) is 3.13. The van der Waals surface area contributed by atoms with Crippen molar-refractivity contribution in [3.63, 3.8) is 0 Å². The average molecular weight is 174 g/mol. The van der Waals surface area contributed by atoms with E-state index in [2.05, 4.69) is 5.18 Å². The second kappa shape index (κ2) is 3.21. The van der Waals surface area contributed by atoms with E-state index in [9.17, 15) is 9.70 Å². The number of hydrogen-bond acceptors (Lipinski definition) is 4. The van der Waals surface area contributed by atoms with Gasteiger partial charge in [-0.3, -0.25) is 4.79 Å². The fourth-order valence-electron chi connectivity index (χ4n) is 0.935. The van der Waals surface area contributed by atoms with Gasteiger partial charge in [0.05, 0.1) is 11.8 Å². The van der Waals surface area contributed by atoms with E-state index in [4.69, 9.17) is 0 Å². The summed E-state index contributed by atoms with van der Waals surface area (Å²) >= 11 is 1.31. The lowest BCUT2D eigenvalue weighted by Gasteiger charge is -2.32. The first-order valence-electron chi connectivity index (χ1n) is 3.36. The lowest BCUT2D eigenvalue weighted by molar-refractivity contribution is -0.129. The van der Waals surface area contributed by atoms with Crippen LogP contribution in [0.3, 0.4) is 0 Å². The predicted octanol–water partition coefficient (Wildman–Crippen LogP) is 0.673. The molecule has 62 valence electrons. The normalized spacial score (nSPS) is 32.2. The van der Waals surface area contributed by atoms with Gasteiger partial charge in [0.2, 0.25) is 5.91 Å². The van der Waals surface area contributed by atoms with Crippen molar-refractivity contribution in [1.82, 2.24) is 4.90 Å². The van der Waals surface area contributed by atoms with E-state index in [-0.39, 0.29) is 17.3 Å². The van der Waals surface area contributed by atoms with Gasteiger partial charge in [-0.1, -0.05) is 5.18 Å². The molecule has 1 rings (SSSR count). The number of carbonyl (C=O) groups is 1. The molecule has 4 nitrogen and oxygen atoms in total. The van der Waals surface area contributed by atoms with Crippen molar-refractivity contribution >= 4 is 17.7 Å². The highest BCUT2D eigenvalue weighted by Gasteiger charge is 2.31. The fraction of sp³-hybridized carbons (Fsp3) is 0.833. The third kappa shape index (κ3) is 1.53. The van der Waals surface area contributed by atoms with E-state index in [0.29, 0.717) is 5.75 Å². The van der Waals surface area contributed by atoms with Crippen LogP contribution in [0.1, 0.15) is 6.92 Å². The molecule has 0 aromatic heterocycles. The van der Waals surface area contributed by atoms with Crippen molar-refractivity contribution in [3.8, 4) is 0 Å². The summed E-state index contributed by atoms with van der Waals surface area (Å²) in [5.74, 6) is 0.444. The molecule has 1 aliphatic heterocycles. The molecular weight excluding hydrogens is 164 g/mol. The van der Waals surface area contributed by atoms with Gasteiger partial charge in [-0.15, -0.1) is 16.7 Å². The number of thioether (sulfide) groups is 1. The van der Waals surface area contributed by atoms with Crippen LogP contribution in [-0.2, 0) is 4.79 Å². The second-order valence-electron chi connectivity index (χ2n) is 2.55. The van der Waals surface area contributed by atoms with Crippen LogP contribution in [0.4, 0.5) is 0 Å². The number of amides is 1. The molecule has 0 spiro atoms. The summed E-state index contributed by atoms with van der Waals surface area (Å²) in [7, 11) is 1.70. The number of nitrogens with zero attached hydrogens (tertiary/aromatic N) is 2. The Morgan fingerprint density at radius 2 is 2.36 bits per heavy atom. The maximum Gasteiger partial charge on any atom is 0.232 e. The summed E-state index contributed by atoms with van der Waals surface area (Å²) in [6.45, 7) is 1.83. The van der Waals surface area contributed by atoms with Gasteiger partial charge in [0.15, 0.2) is 5.37 Å². The van der Waals surface area contributed by atoms with Crippen molar-refractivity contribution in [1.29, 1.82) is 0 Å². The first-order valence-corrected chi connectivity index (χ1v) is 4.41. The Labute approximate surface area is 69.3 Å². The zero-order valence-corrected chi connectivity index (χ0v) is 7.30. The first kappa shape index (κ1) is 8.52. The number of carbonyl (C=O) groups excluding carboxylic acids is 1. The number of likely N-dealkylation sites (N-methyl/N-ethyl adjacent to an activating group) is 1. The molecule has 1 amide bonds. The summed E-state index contributed by atoms with van der Waals surface area (Å²) in [5.41, 5.74) is 0. The van der Waals surface area contributed by atoms with Crippen LogP contribution in [0.2, 0.25) is 0 Å². The minimum atomic E-state index is -0.294. The van der Waals surface area contributed by atoms with Crippen LogP contribution in [-0.4, -0.2) is 35.0 Å². The molecule has 1 heterocycles. The average Bonchev–Trinajstić information content (AvgIpc) is 2.01. The van der Waals surface area contributed by atoms with Crippen molar-refractivity contribution in [2.45, 2.75) is 18.3 Å². The molecule has 0 aromatic carbocycles. The first-order chi connectivity index (χ1) is 5.16. The summed E-state index contributed by atoms with van der Waals surface area (Å²) in [5, 5.41) is 2.64. The predicted molar refractivity (Wildman–Crippen MR) is 44.3 cm³/mol. The van der Waals surface area contributed by atoms with Gasteiger partial charge in [-0.05, 0) is 6.92 Å². The Hall–Kier alpha value is -0.580. The molecule has 0 aliphatic carbocycles. The van der Waals surface area contributed by atoms with Gasteiger partial charge in [0.25, 0.3) is 0 Å². The molecule has 1 saturated heterocycles. The Bertz CT molecular complexity index is 183. The van der Waals surface area contributed by atoms with E-state index in [1.54, 1.807) is 11.9 Å². The largest absolute Gasteiger partial charge is 0.339 e. The lowest BCUT2D eigenvalue weighted by atomic mass is 10.3. The molecule has 2 atom stereocenters. The molecule has 0 radical (unpaired) electrons. The van der Waals surface area contributed by atoms with E-state index in [1.165, 1.54) is 11.8 Å². The highest BCUT2D eigenvalue weighted by atomic mass is 32.2.